The van der Waals surface area contributed by atoms with E-state index in [2.05, 4.69) is 6.58 Å². The number of hydrogen-bond acceptors (Lipinski definition) is 4. The number of aliphatic hydroxyl groups excluding tert-OH is 1. The Labute approximate surface area is 161 Å². The van der Waals surface area contributed by atoms with Gasteiger partial charge in [-0.2, -0.15) is 0 Å². The van der Waals surface area contributed by atoms with Crippen LogP contribution < -0.4 is 0 Å². The van der Waals surface area contributed by atoms with E-state index in [9.17, 15) is 5.11 Å². The van der Waals surface area contributed by atoms with Crippen LogP contribution in [0.15, 0.2) is 73.3 Å². The Hall–Kier alpha value is -1.98. The third-order valence-corrected chi connectivity index (χ3v) is 4.75. The summed E-state index contributed by atoms with van der Waals surface area (Å²) in [6.45, 7) is 5.26. The summed E-state index contributed by atoms with van der Waals surface area (Å²) in [6, 6.07) is 20.1. The van der Waals surface area contributed by atoms with Gasteiger partial charge >= 0.3 is 0 Å². The molecule has 1 N–H and O–H groups in total. The third-order valence-electron chi connectivity index (χ3n) is 4.75. The molecule has 144 valence electrons. The molecule has 1 saturated heterocycles. The van der Waals surface area contributed by atoms with Crippen molar-refractivity contribution in [3.05, 3.63) is 84.4 Å². The summed E-state index contributed by atoms with van der Waals surface area (Å²) in [6.07, 6.45) is 1.59. The van der Waals surface area contributed by atoms with Crippen LogP contribution in [0.4, 0.5) is 0 Å². The maximum Gasteiger partial charge on any atom is 0.107 e. The highest BCUT2D eigenvalue weighted by molar-refractivity contribution is 5.14. The van der Waals surface area contributed by atoms with Crippen molar-refractivity contribution in [2.75, 3.05) is 6.61 Å². The first-order valence-electron chi connectivity index (χ1n) is 9.48. The molecule has 1 aliphatic heterocycles. The number of rotatable bonds is 9. The lowest BCUT2D eigenvalue weighted by Gasteiger charge is -2.39. The Kier molecular flexibility index (Phi) is 7.60. The first-order valence-corrected chi connectivity index (χ1v) is 9.48. The second-order valence-corrected chi connectivity index (χ2v) is 6.88. The van der Waals surface area contributed by atoms with E-state index in [1.807, 2.05) is 60.7 Å². The smallest absolute Gasteiger partial charge is 0.107 e. The highest BCUT2D eigenvalue weighted by atomic mass is 16.6. The zero-order valence-corrected chi connectivity index (χ0v) is 15.6. The SMILES string of the molecule is C=CC[C@@H]1O[C@@H](COCc2ccccc2)C[C@@H](OCc2ccccc2)[C@H]1O. The second kappa shape index (κ2) is 10.4. The minimum Gasteiger partial charge on any atom is -0.388 e. The monoisotopic (exact) mass is 368 g/mol. The summed E-state index contributed by atoms with van der Waals surface area (Å²) in [5.41, 5.74) is 2.22. The van der Waals surface area contributed by atoms with Crippen LogP contribution in [-0.4, -0.2) is 36.1 Å². The van der Waals surface area contributed by atoms with Crippen LogP contribution in [0.5, 0.6) is 0 Å². The van der Waals surface area contributed by atoms with Gasteiger partial charge in [0.25, 0.3) is 0 Å². The molecule has 4 nitrogen and oxygen atoms in total. The second-order valence-electron chi connectivity index (χ2n) is 6.88. The van der Waals surface area contributed by atoms with Crippen LogP contribution in [0.1, 0.15) is 24.0 Å². The van der Waals surface area contributed by atoms with Crippen molar-refractivity contribution in [2.45, 2.75) is 50.5 Å². The average Bonchev–Trinajstić information content (AvgIpc) is 2.71. The van der Waals surface area contributed by atoms with Gasteiger partial charge in [-0.3, -0.25) is 0 Å². The molecular formula is C23H28O4. The fourth-order valence-corrected chi connectivity index (χ4v) is 3.31. The normalized spacial score (nSPS) is 25.2. The molecule has 0 amide bonds. The lowest BCUT2D eigenvalue weighted by Crippen LogP contribution is -2.50. The van der Waals surface area contributed by atoms with E-state index in [1.54, 1.807) is 6.08 Å². The summed E-state index contributed by atoms with van der Waals surface area (Å²) in [5, 5.41) is 10.6. The molecule has 0 aliphatic carbocycles. The standard InChI is InChI=1S/C23H28O4/c1-2-9-21-23(24)22(26-16-19-12-7-4-8-13-19)14-20(27-21)17-25-15-18-10-5-3-6-11-18/h2-8,10-13,20-24H,1,9,14-17H2/t20-,21+,22-,23+/m1/s1. The predicted octanol–water partition coefficient (Wildman–Crippen LogP) is 3.88. The average molecular weight is 368 g/mol. The van der Waals surface area contributed by atoms with Gasteiger partial charge in [0.15, 0.2) is 0 Å². The Morgan fingerprint density at radius 1 is 1.00 bits per heavy atom. The van der Waals surface area contributed by atoms with Crippen molar-refractivity contribution in [2.24, 2.45) is 0 Å². The Balaban J connectivity index is 1.54. The molecule has 4 atom stereocenters. The topological polar surface area (TPSA) is 47.9 Å². The van der Waals surface area contributed by atoms with E-state index in [4.69, 9.17) is 14.2 Å². The molecule has 1 aliphatic rings. The lowest BCUT2D eigenvalue weighted by molar-refractivity contribution is -0.197. The van der Waals surface area contributed by atoms with Crippen LogP contribution >= 0.6 is 0 Å². The van der Waals surface area contributed by atoms with Gasteiger partial charge in [-0.15, -0.1) is 6.58 Å². The first-order chi connectivity index (χ1) is 13.3. The van der Waals surface area contributed by atoms with Crippen LogP contribution in [0.2, 0.25) is 0 Å². The number of aliphatic hydroxyl groups is 1. The summed E-state index contributed by atoms with van der Waals surface area (Å²) in [5.74, 6) is 0. The van der Waals surface area contributed by atoms with Gasteiger partial charge in [0.05, 0.1) is 38.1 Å². The van der Waals surface area contributed by atoms with E-state index < -0.39 is 6.10 Å². The summed E-state index contributed by atoms with van der Waals surface area (Å²) >= 11 is 0. The maximum atomic E-state index is 10.6. The predicted molar refractivity (Wildman–Crippen MR) is 105 cm³/mol. The van der Waals surface area contributed by atoms with Crippen LogP contribution in [0.25, 0.3) is 0 Å². The van der Waals surface area contributed by atoms with Crippen molar-refractivity contribution in [1.29, 1.82) is 0 Å². The number of hydrogen-bond donors (Lipinski definition) is 1. The van der Waals surface area contributed by atoms with Crippen LogP contribution in [0.3, 0.4) is 0 Å². The molecule has 0 aromatic heterocycles. The molecule has 27 heavy (non-hydrogen) atoms. The van der Waals surface area contributed by atoms with Crippen molar-refractivity contribution in [3.63, 3.8) is 0 Å². The van der Waals surface area contributed by atoms with E-state index in [1.165, 1.54) is 0 Å². The molecule has 2 aromatic carbocycles. The highest BCUT2D eigenvalue weighted by Gasteiger charge is 2.37. The largest absolute Gasteiger partial charge is 0.388 e. The molecular weight excluding hydrogens is 340 g/mol. The molecule has 0 radical (unpaired) electrons. The van der Waals surface area contributed by atoms with Crippen LogP contribution in [0, 0.1) is 0 Å². The zero-order valence-electron chi connectivity index (χ0n) is 15.6. The van der Waals surface area contributed by atoms with Crippen LogP contribution in [-0.2, 0) is 27.4 Å². The van der Waals surface area contributed by atoms with E-state index in [0.717, 1.165) is 11.1 Å². The molecule has 2 aromatic rings. The van der Waals surface area contributed by atoms with Gasteiger partial charge < -0.3 is 19.3 Å². The van der Waals surface area contributed by atoms with Gasteiger partial charge in [-0.05, 0) is 17.5 Å². The van der Waals surface area contributed by atoms with Gasteiger partial charge in [-0.25, -0.2) is 0 Å². The van der Waals surface area contributed by atoms with Gasteiger partial charge in [0, 0.05) is 6.42 Å². The zero-order chi connectivity index (χ0) is 18.9. The Morgan fingerprint density at radius 3 is 2.26 bits per heavy atom. The Morgan fingerprint density at radius 2 is 1.63 bits per heavy atom. The van der Waals surface area contributed by atoms with Gasteiger partial charge in [-0.1, -0.05) is 66.7 Å². The van der Waals surface area contributed by atoms with E-state index in [-0.39, 0.29) is 18.3 Å². The number of ether oxygens (including phenoxy) is 3. The maximum absolute atomic E-state index is 10.6. The fraction of sp³-hybridized carbons (Fsp3) is 0.391. The fourth-order valence-electron chi connectivity index (χ4n) is 3.31. The minimum absolute atomic E-state index is 0.108. The lowest BCUT2D eigenvalue weighted by atomic mass is 9.96. The Bertz CT molecular complexity index is 673. The molecule has 3 rings (SSSR count). The molecule has 1 heterocycles. The first kappa shape index (κ1) is 19.8. The summed E-state index contributed by atoms with van der Waals surface area (Å²) in [7, 11) is 0. The van der Waals surface area contributed by atoms with Gasteiger partial charge in [0.1, 0.15) is 6.10 Å². The molecule has 4 heteroatoms. The molecule has 0 saturated carbocycles. The molecule has 0 unspecified atom stereocenters. The molecule has 0 bridgehead atoms. The third kappa shape index (κ3) is 6.01. The van der Waals surface area contributed by atoms with Crippen molar-refractivity contribution in [1.82, 2.24) is 0 Å². The van der Waals surface area contributed by atoms with Crippen molar-refractivity contribution in [3.8, 4) is 0 Å². The minimum atomic E-state index is -0.669. The molecule has 1 fully saturated rings. The summed E-state index contributed by atoms with van der Waals surface area (Å²) < 4.78 is 17.9. The van der Waals surface area contributed by atoms with E-state index >= 15 is 0 Å². The molecule has 0 spiro atoms. The summed E-state index contributed by atoms with van der Waals surface area (Å²) in [4.78, 5) is 0. The van der Waals surface area contributed by atoms with Crippen molar-refractivity contribution >= 4 is 0 Å². The van der Waals surface area contributed by atoms with Crippen molar-refractivity contribution < 1.29 is 19.3 Å². The highest BCUT2D eigenvalue weighted by Crippen LogP contribution is 2.26. The van der Waals surface area contributed by atoms with E-state index in [0.29, 0.717) is 32.7 Å². The quantitative estimate of drug-likeness (QED) is 0.683. The van der Waals surface area contributed by atoms with Gasteiger partial charge in [0.2, 0.25) is 0 Å². The number of benzene rings is 2.